The first-order valence-corrected chi connectivity index (χ1v) is 7.88. The van der Waals surface area contributed by atoms with Gasteiger partial charge in [0.2, 0.25) is 10.0 Å². The van der Waals surface area contributed by atoms with Crippen molar-refractivity contribution in [2.24, 2.45) is 0 Å². The Labute approximate surface area is 113 Å². The average molecular weight is 283 g/mol. The van der Waals surface area contributed by atoms with Crippen LogP contribution in [0.1, 0.15) is 12.5 Å². The quantitative estimate of drug-likeness (QED) is 0.813. The number of sulfonamides is 1. The summed E-state index contributed by atoms with van der Waals surface area (Å²) in [6.07, 6.45) is 0.775. The molecule has 0 radical (unpaired) electrons. The third-order valence-corrected chi connectivity index (χ3v) is 5.58. The summed E-state index contributed by atoms with van der Waals surface area (Å²) in [4.78, 5) is 0.352. The number of rotatable bonds is 2. The van der Waals surface area contributed by atoms with Gasteiger partial charge in [-0.2, -0.15) is 4.31 Å². The predicted octanol–water partition coefficient (Wildman–Crippen LogP) is 1.03. The SMILES string of the molecule is C[C@H]1COCCN1S(=O)(=O)c1ccc2c(c1)CCO2. The van der Waals surface area contributed by atoms with Gasteiger partial charge in [0.05, 0.1) is 24.7 Å². The molecule has 3 rings (SSSR count). The van der Waals surface area contributed by atoms with E-state index >= 15 is 0 Å². The highest BCUT2D eigenvalue weighted by atomic mass is 32.2. The lowest BCUT2D eigenvalue weighted by Crippen LogP contribution is -2.46. The van der Waals surface area contributed by atoms with Gasteiger partial charge < -0.3 is 9.47 Å². The molecule has 0 N–H and O–H groups in total. The summed E-state index contributed by atoms with van der Waals surface area (Å²) >= 11 is 0. The number of benzene rings is 1. The van der Waals surface area contributed by atoms with E-state index in [0.29, 0.717) is 31.3 Å². The van der Waals surface area contributed by atoms with E-state index < -0.39 is 10.0 Å². The molecule has 19 heavy (non-hydrogen) atoms. The molecule has 2 aliphatic rings. The Kier molecular flexibility index (Phi) is 3.24. The summed E-state index contributed by atoms with van der Waals surface area (Å²) in [5, 5.41) is 0. The molecule has 1 aromatic carbocycles. The smallest absolute Gasteiger partial charge is 0.243 e. The highest BCUT2D eigenvalue weighted by molar-refractivity contribution is 7.89. The van der Waals surface area contributed by atoms with Crippen molar-refractivity contribution in [3.05, 3.63) is 23.8 Å². The van der Waals surface area contributed by atoms with Crippen molar-refractivity contribution in [2.75, 3.05) is 26.4 Å². The Morgan fingerprint density at radius 3 is 2.95 bits per heavy atom. The van der Waals surface area contributed by atoms with Crippen LogP contribution in [0.15, 0.2) is 23.1 Å². The van der Waals surface area contributed by atoms with Crippen LogP contribution in [-0.2, 0) is 21.2 Å². The lowest BCUT2D eigenvalue weighted by molar-refractivity contribution is 0.0393. The van der Waals surface area contributed by atoms with Crippen LogP contribution in [0, 0.1) is 0 Å². The molecule has 0 saturated carbocycles. The highest BCUT2D eigenvalue weighted by Crippen LogP contribution is 2.29. The number of hydrogen-bond donors (Lipinski definition) is 0. The maximum absolute atomic E-state index is 12.6. The number of fused-ring (bicyclic) bond motifs is 1. The predicted molar refractivity (Wildman–Crippen MR) is 69.8 cm³/mol. The minimum atomic E-state index is -3.44. The van der Waals surface area contributed by atoms with Crippen LogP contribution in [0.25, 0.3) is 0 Å². The van der Waals surface area contributed by atoms with E-state index in [1.54, 1.807) is 18.2 Å². The van der Waals surface area contributed by atoms with Gasteiger partial charge in [0.1, 0.15) is 5.75 Å². The first kappa shape index (κ1) is 12.9. The second-order valence-corrected chi connectivity index (χ2v) is 6.80. The monoisotopic (exact) mass is 283 g/mol. The molecule has 0 aromatic heterocycles. The molecule has 2 aliphatic heterocycles. The van der Waals surface area contributed by atoms with Gasteiger partial charge in [-0.3, -0.25) is 0 Å². The van der Waals surface area contributed by atoms with Crippen molar-refractivity contribution in [3.63, 3.8) is 0 Å². The molecular formula is C13H17NO4S. The van der Waals surface area contributed by atoms with Gasteiger partial charge in [-0.1, -0.05) is 0 Å². The van der Waals surface area contributed by atoms with E-state index in [9.17, 15) is 8.42 Å². The molecule has 0 bridgehead atoms. The van der Waals surface area contributed by atoms with Gasteiger partial charge in [-0.25, -0.2) is 8.42 Å². The third-order valence-electron chi connectivity index (χ3n) is 3.57. The zero-order chi connectivity index (χ0) is 13.5. The van der Waals surface area contributed by atoms with E-state index in [0.717, 1.165) is 17.7 Å². The Hall–Kier alpha value is -1.11. The molecule has 1 saturated heterocycles. The first-order valence-electron chi connectivity index (χ1n) is 6.44. The molecule has 1 fully saturated rings. The van der Waals surface area contributed by atoms with Crippen molar-refractivity contribution in [1.29, 1.82) is 0 Å². The van der Waals surface area contributed by atoms with Crippen LogP contribution in [0.3, 0.4) is 0 Å². The minimum Gasteiger partial charge on any atom is -0.493 e. The van der Waals surface area contributed by atoms with E-state index in [4.69, 9.17) is 9.47 Å². The van der Waals surface area contributed by atoms with E-state index in [-0.39, 0.29) is 6.04 Å². The lowest BCUT2D eigenvalue weighted by atomic mass is 10.2. The minimum absolute atomic E-state index is 0.122. The lowest BCUT2D eigenvalue weighted by Gasteiger charge is -2.32. The van der Waals surface area contributed by atoms with Gasteiger partial charge in [0.25, 0.3) is 0 Å². The van der Waals surface area contributed by atoms with E-state index in [1.807, 2.05) is 6.92 Å². The average Bonchev–Trinajstić information content (AvgIpc) is 2.86. The third kappa shape index (κ3) is 2.24. The Morgan fingerprint density at radius 2 is 2.16 bits per heavy atom. The summed E-state index contributed by atoms with van der Waals surface area (Å²) in [7, 11) is -3.44. The largest absolute Gasteiger partial charge is 0.493 e. The standard InChI is InChI=1S/C13H17NO4S/c1-10-9-17-7-5-14(10)19(15,16)12-2-3-13-11(8-12)4-6-18-13/h2-3,8,10H,4-7,9H2,1H3/t10-/m0/s1. The molecular weight excluding hydrogens is 266 g/mol. The second kappa shape index (κ2) is 4.77. The van der Waals surface area contributed by atoms with Gasteiger partial charge in [0.15, 0.2) is 0 Å². The Morgan fingerprint density at radius 1 is 1.32 bits per heavy atom. The van der Waals surface area contributed by atoms with Gasteiger partial charge in [-0.15, -0.1) is 0 Å². The molecule has 5 nitrogen and oxygen atoms in total. The second-order valence-electron chi connectivity index (χ2n) is 4.91. The molecule has 1 atom stereocenters. The molecule has 6 heteroatoms. The van der Waals surface area contributed by atoms with Crippen molar-refractivity contribution in [2.45, 2.75) is 24.3 Å². The van der Waals surface area contributed by atoms with Gasteiger partial charge in [-0.05, 0) is 30.7 Å². The summed E-state index contributed by atoms with van der Waals surface area (Å²) in [5.74, 6) is 0.800. The number of morpholine rings is 1. The molecule has 0 aliphatic carbocycles. The van der Waals surface area contributed by atoms with Crippen LogP contribution < -0.4 is 4.74 Å². The van der Waals surface area contributed by atoms with Crippen LogP contribution in [0.4, 0.5) is 0 Å². The molecule has 104 valence electrons. The number of nitrogens with zero attached hydrogens (tertiary/aromatic N) is 1. The number of ether oxygens (including phenoxy) is 2. The molecule has 0 amide bonds. The fraction of sp³-hybridized carbons (Fsp3) is 0.538. The summed E-state index contributed by atoms with van der Waals surface area (Å²) in [6.45, 7) is 3.82. The van der Waals surface area contributed by atoms with Crippen LogP contribution >= 0.6 is 0 Å². The van der Waals surface area contributed by atoms with Gasteiger partial charge in [0, 0.05) is 19.0 Å². The Balaban J connectivity index is 1.95. The van der Waals surface area contributed by atoms with Crippen LogP contribution in [0.5, 0.6) is 5.75 Å². The van der Waals surface area contributed by atoms with Crippen molar-refractivity contribution >= 4 is 10.0 Å². The van der Waals surface area contributed by atoms with Gasteiger partial charge >= 0.3 is 0 Å². The van der Waals surface area contributed by atoms with Crippen molar-refractivity contribution in [1.82, 2.24) is 4.31 Å². The maximum atomic E-state index is 12.6. The molecule has 1 aromatic rings. The van der Waals surface area contributed by atoms with E-state index in [2.05, 4.69) is 0 Å². The fourth-order valence-electron chi connectivity index (χ4n) is 2.53. The van der Waals surface area contributed by atoms with E-state index in [1.165, 1.54) is 4.31 Å². The fourth-order valence-corrected chi connectivity index (χ4v) is 4.18. The number of hydrogen-bond acceptors (Lipinski definition) is 4. The summed E-state index contributed by atoms with van der Waals surface area (Å²) in [5.41, 5.74) is 0.974. The summed E-state index contributed by atoms with van der Waals surface area (Å²) < 4.78 is 37.5. The maximum Gasteiger partial charge on any atom is 0.243 e. The first-order chi connectivity index (χ1) is 9.09. The zero-order valence-corrected chi connectivity index (χ0v) is 11.6. The van der Waals surface area contributed by atoms with Crippen molar-refractivity contribution in [3.8, 4) is 5.75 Å². The molecule has 0 unspecified atom stereocenters. The molecule has 0 spiro atoms. The Bertz CT molecular complexity index is 584. The van der Waals surface area contributed by atoms with Crippen molar-refractivity contribution < 1.29 is 17.9 Å². The van der Waals surface area contributed by atoms with Crippen LogP contribution in [0.2, 0.25) is 0 Å². The highest BCUT2D eigenvalue weighted by Gasteiger charge is 2.32. The van der Waals surface area contributed by atoms with Crippen LogP contribution in [-0.4, -0.2) is 45.1 Å². The zero-order valence-electron chi connectivity index (χ0n) is 10.8. The summed E-state index contributed by atoms with van der Waals surface area (Å²) in [6, 6.07) is 4.99. The normalized spacial score (nSPS) is 23.9. The molecule has 2 heterocycles. The topological polar surface area (TPSA) is 55.8 Å².